The van der Waals surface area contributed by atoms with Gasteiger partial charge in [0.05, 0.1) is 24.1 Å². The number of hydrogen-bond acceptors (Lipinski definition) is 10. The number of carbonyl (C=O) groups excluding carboxylic acids is 1. The maximum Gasteiger partial charge on any atom is 0.311 e. The molecule has 0 amide bonds. The number of benzene rings is 2. The van der Waals surface area contributed by atoms with E-state index in [2.05, 4.69) is 25.4 Å². The van der Waals surface area contributed by atoms with Crippen LogP contribution in [0.3, 0.4) is 0 Å². The summed E-state index contributed by atoms with van der Waals surface area (Å²) in [5.74, 6) is -0.442. The number of halogens is 1. The average Bonchev–Trinajstić information content (AvgIpc) is 3.44. The number of fused-ring (bicyclic) bond motifs is 3. The second-order valence-corrected chi connectivity index (χ2v) is 8.23. The monoisotopic (exact) mass is 494 g/mol. The van der Waals surface area contributed by atoms with Gasteiger partial charge in [-0.15, -0.1) is 15.3 Å². The van der Waals surface area contributed by atoms with E-state index in [0.717, 1.165) is 5.56 Å². The molecule has 0 N–H and O–H groups in total. The summed E-state index contributed by atoms with van der Waals surface area (Å²) in [6.07, 6.45) is -0.168. The summed E-state index contributed by atoms with van der Waals surface area (Å²) in [4.78, 5) is 26.9. The Bertz CT molecular complexity index is 1600. The Morgan fingerprint density at radius 2 is 2.00 bits per heavy atom. The van der Waals surface area contributed by atoms with Crippen LogP contribution in [-0.4, -0.2) is 52.6 Å². The number of esters is 1. The van der Waals surface area contributed by atoms with Crippen molar-refractivity contribution in [2.24, 2.45) is 0 Å². The van der Waals surface area contributed by atoms with Gasteiger partial charge in [0.2, 0.25) is 5.16 Å². The number of nitro benzene ring substituents is 1. The summed E-state index contributed by atoms with van der Waals surface area (Å²) in [5, 5.41) is 28.6. The lowest BCUT2D eigenvalue weighted by Gasteiger charge is -2.03. The third-order valence-corrected chi connectivity index (χ3v) is 5.91. The molecule has 0 aliphatic heterocycles. The number of hydrogen-bond donors (Lipinski definition) is 0. The van der Waals surface area contributed by atoms with E-state index in [4.69, 9.17) is 4.74 Å². The van der Waals surface area contributed by atoms with Gasteiger partial charge < -0.3 is 4.74 Å². The topological polar surface area (TPSA) is 143 Å². The molecule has 5 aromatic rings. The lowest BCUT2D eigenvalue weighted by molar-refractivity contribution is -0.384. The predicted molar refractivity (Wildman–Crippen MR) is 122 cm³/mol. The van der Waals surface area contributed by atoms with Crippen LogP contribution in [0.2, 0.25) is 0 Å². The molecule has 0 unspecified atom stereocenters. The average molecular weight is 494 g/mol. The first-order valence-electron chi connectivity index (χ1n) is 10.1. The van der Waals surface area contributed by atoms with E-state index in [0.29, 0.717) is 22.2 Å². The number of aromatic nitrogens is 7. The molecule has 0 saturated carbocycles. The maximum absolute atomic E-state index is 14.0. The first-order chi connectivity index (χ1) is 16.9. The Balaban J connectivity index is 1.58. The minimum absolute atomic E-state index is 0.00392. The highest BCUT2D eigenvalue weighted by Gasteiger charge is 2.22. The van der Waals surface area contributed by atoms with Gasteiger partial charge >= 0.3 is 5.97 Å². The van der Waals surface area contributed by atoms with Crippen molar-refractivity contribution < 1.29 is 18.8 Å². The van der Waals surface area contributed by atoms with Gasteiger partial charge in [-0.25, -0.2) is 9.07 Å². The van der Waals surface area contributed by atoms with E-state index < -0.39 is 16.7 Å². The zero-order valence-electron chi connectivity index (χ0n) is 18.0. The quantitative estimate of drug-likeness (QED) is 0.143. The van der Waals surface area contributed by atoms with E-state index in [-0.39, 0.29) is 29.1 Å². The van der Waals surface area contributed by atoms with Gasteiger partial charge in [-0.1, -0.05) is 30.0 Å². The number of carbonyl (C=O) groups is 1. The second kappa shape index (κ2) is 9.06. The van der Waals surface area contributed by atoms with Gasteiger partial charge in [-0.2, -0.15) is 14.6 Å². The number of nitrogens with zero attached hydrogens (tertiary/aromatic N) is 8. The number of nitro groups is 1. The standard InChI is InChI=1S/C21H15FN8O4S/c1-34-17(31)10-16-18-19(28(26-16)14-6-3-5-13(22)9-14)29-20(25-24-18)23-21(27-29)35-11-12-4-2-7-15(8-12)30(32)33/h2-9H,10-11H2,1H3. The van der Waals surface area contributed by atoms with Crippen LogP contribution >= 0.6 is 11.8 Å². The molecule has 0 fully saturated rings. The molecule has 176 valence electrons. The van der Waals surface area contributed by atoms with Crippen molar-refractivity contribution in [1.82, 2.24) is 34.6 Å². The summed E-state index contributed by atoms with van der Waals surface area (Å²) in [6.45, 7) is 0. The molecule has 3 aromatic heterocycles. The van der Waals surface area contributed by atoms with E-state index >= 15 is 0 Å². The second-order valence-electron chi connectivity index (χ2n) is 7.29. The highest BCUT2D eigenvalue weighted by molar-refractivity contribution is 7.98. The van der Waals surface area contributed by atoms with Crippen molar-refractivity contribution in [3.05, 3.63) is 75.7 Å². The number of ether oxygens (including phenoxy) is 1. The molecule has 0 aliphatic carbocycles. The SMILES string of the molecule is COC(=O)Cc1nn(-c2cccc(F)c2)c2c1nnc1nc(SCc3cccc([N+](=O)[O-])c3)nn12. The molecule has 2 aromatic carbocycles. The minimum Gasteiger partial charge on any atom is -0.469 e. The first-order valence-corrected chi connectivity index (χ1v) is 11.1. The Morgan fingerprint density at radius 1 is 1.17 bits per heavy atom. The molecule has 0 atom stereocenters. The van der Waals surface area contributed by atoms with Crippen LogP contribution in [0.4, 0.5) is 10.1 Å². The molecule has 3 heterocycles. The largest absolute Gasteiger partial charge is 0.469 e. The molecule has 5 rings (SSSR count). The van der Waals surface area contributed by atoms with Crippen LogP contribution in [-0.2, 0) is 21.7 Å². The third-order valence-electron chi connectivity index (χ3n) is 5.00. The van der Waals surface area contributed by atoms with Crippen molar-refractivity contribution in [2.75, 3.05) is 7.11 Å². The predicted octanol–water partition coefficient (Wildman–Crippen LogP) is 2.91. The Labute approximate surface area is 199 Å². The molecule has 14 heteroatoms. The number of rotatable bonds is 7. The minimum atomic E-state index is -0.524. The van der Waals surface area contributed by atoms with Crippen LogP contribution in [0.1, 0.15) is 11.3 Å². The van der Waals surface area contributed by atoms with Crippen LogP contribution in [0.25, 0.3) is 22.6 Å². The van der Waals surface area contributed by atoms with Gasteiger partial charge in [0.15, 0.2) is 11.2 Å². The molecule has 35 heavy (non-hydrogen) atoms. The number of thioether (sulfide) groups is 1. The lowest BCUT2D eigenvalue weighted by atomic mass is 10.2. The van der Waals surface area contributed by atoms with Gasteiger partial charge in [-0.3, -0.25) is 14.9 Å². The normalized spacial score (nSPS) is 11.3. The molecule has 0 radical (unpaired) electrons. The molecule has 0 saturated heterocycles. The summed E-state index contributed by atoms with van der Waals surface area (Å²) in [5.41, 5.74) is 2.02. The maximum atomic E-state index is 14.0. The lowest BCUT2D eigenvalue weighted by Crippen LogP contribution is -2.06. The summed E-state index contributed by atoms with van der Waals surface area (Å²) < 4.78 is 21.5. The third kappa shape index (κ3) is 4.38. The van der Waals surface area contributed by atoms with Crippen molar-refractivity contribution in [3.8, 4) is 5.69 Å². The van der Waals surface area contributed by atoms with Gasteiger partial charge in [0.25, 0.3) is 11.5 Å². The van der Waals surface area contributed by atoms with Crippen molar-refractivity contribution in [1.29, 1.82) is 0 Å². The molecule has 0 aliphatic rings. The fourth-order valence-electron chi connectivity index (χ4n) is 3.41. The first kappa shape index (κ1) is 22.3. The molecule has 0 spiro atoms. The molecular formula is C21H15FN8O4S. The Kier molecular flexibility index (Phi) is 5.78. The Hall–Kier alpha value is -4.46. The molecular weight excluding hydrogens is 479 g/mol. The van der Waals surface area contributed by atoms with Crippen molar-refractivity contribution >= 4 is 40.4 Å². The van der Waals surface area contributed by atoms with Gasteiger partial charge in [0.1, 0.15) is 11.5 Å². The zero-order chi connectivity index (χ0) is 24.5. The van der Waals surface area contributed by atoms with Crippen LogP contribution in [0.5, 0.6) is 0 Å². The van der Waals surface area contributed by atoms with Crippen molar-refractivity contribution in [3.63, 3.8) is 0 Å². The fourth-order valence-corrected chi connectivity index (χ4v) is 4.17. The fraction of sp³-hybridized carbons (Fsp3) is 0.143. The van der Waals surface area contributed by atoms with Crippen LogP contribution < -0.4 is 0 Å². The molecule has 0 bridgehead atoms. The zero-order valence-corrected chi connectivity index (χ0v) is 18.8. The summed E-state index contributed by atoms with van der Waals surface area (Å²) in [7, 11) is 1.26. The van der Waals surface area contributed by atoms with E-state index in [1.165, 1.54) is 58.4 Å². The highest BCUT2D eigenvalue weighted by Crippen LogP contribution is 2.25. The molecule has 12 nitrogen and oxygen atoms in total. The van der Waals surface area contributed by atoms with E-state index in [1.807, 2.05) is 0 Å². The Morgan fingerprint density at radius 3 is 2.77 bits per heavy atom. The smallest absolute Gasteiger partial charge is 0.311 e. The van der Waals surface area contributed by atoms with Crippen LogP contribution in [0.15, 0.2) is 53.7 Å². The highest BCUT2D eigenvalue weighted by atomic mass is 32.2. The van der Waals surface area contributed by atoms with E-state index in [9.17, 15) is 19.3 Å². The summed E-state index contributed by atoms with van der Waals surface area (Å²) in [6, 6.07) is 12.1. The van der Waals surface area contributed by atoms with E-state index in [1.54, 1.807) is 18.2 Å². The number of non-ortho nitro benzene ring substituents is 1. The van der Waals surface area contributed by atoms with Crippen molar-refractivity contribution in [2.45, 2.75) is 17.3 Å². The number of methoxy groups -OCH3 is 1. The van der Waals surface area contributed by atoms with Gasteiger partial charge in [-0.05, 0) is 23.8 Å². The summed E-state index contributed by atoms with van der Waals surface area (Å²) >= 11 is 1.26. The van der Waals surface area contributed by atoms with Crippen LogP contribution in [0, 0.1) is 15.9 Å². The van der Waals surface area contributed by atoms with Gasteiger partial charge in [0, 0.05) is 17.9 Å².